The number of hydrogen-bond acceptors (Lipinski definition) is 5. The van der Waals surface area contributed by atoms with Crippen LogP contribution in [0.3, 0.4) is 0 Å². The van der Waals surface area contributed by atoms with Crippen molar-refractivity contribution in [2.24, 2.45) is 0 Å². The van der Waals surface area contributed by atoms with E-state index < -0.39 is 0 Å². The monoisotopic (exact) mass is 478 g/mol. The molecule has 0 aliphatic heterocycles. The number of fused-ring (bicyclic) bond motifs is 1. The third kappa shape index (κ3) is 6.03. The summed E-state index contributed by atoms with van der Waals surface area (Å²) in [5.74, 6) is 2.11. The van der Waals surface area contributed by atoms with Crippen LogP contribution < -0.4 is 5.32 Å². The average Bonchev–Trinajstić information content (AvgIpc) is 3.21. The minimum Gasteiger partial charge on any atom is -0.325 e. The van der Waals surface area contributed by atoms with E-state index in [4.69, 9.17) is 0 Å². The quantitative estimate of drug-likeness (QED) is 0.226. The highest BCUT2D eigenvalue weighted by molar-refractivity contribution is 7.99. The smallest absolute Gasteiger partial charge is 0.234 e. The lowest BCUT2D eigenvalue weighted by atomic mass is 10.1. The maximum Gasteiger partial charge on any atom is 0.234 e. The van der Waals surface area contributed by atoms with Gasteiger partial charge < -0.3 is 9.88 Å². The van der Waals surface area contributed by atoms with Gasteiger partial charge in [0, 0.05) is 23.4 Å². The number of allylic oxidation sites excluding steroid dienone is 1. The van der Waals surface area contributed by atoms with Gasteiger partial charge in [0.1, 0.15) is 11.6 Å². The molecule has 0 fully saturated rings. The van der Waals surface area contributed by atoms with E-state index in [1.165, 1.54) is 23.9 Å². The summed E-state index contributed by atoms with van der Waals surface area (Å²) in [7, 11) is 0. The number of anilines is 1. The van der Waals surface area contributed by atoms with E-state index in [-0.39, 0.29) is 17.5 Å². The molecule has 8 heteroatoms. The number of benzene rings is 3. The molecule has 0 radical (unpaired) electrons. The van der Waals surface area contributed by atoms with Crippen molar-refractivity contribution < 1.29 is 9.18 Å². The van der Waals surface area contributed by atoms with Crippen molar-refractivity contribution in [2.45, 2.75) is 23.2 Å². The lowest BCUT2D eigenvalue weighted by Gasteiger charge is -2.10. The molecule has 0 aliphatic carbocycles. The molecule has 0 atom stereocenters. The van der Waals surface area contributed by atoms with Crippen LogP contribution in [0.4, 0.5) is 10.1 Å². The predicted octanol–water partition coefficient (Wildman–Crippen LogP) is 5.92. The first-order chi connectivity index (χ1) is 16.1. The number of aromatic nitrogens is 3. The Bertz CT molecular complexity index is 1250. The van der Waals surface area contributed by atoms with Crippen LogP contribution in [-0.4, -0.2) is 26.4 Å². The molecule has 4 aromatic rings. The molecule has 0 aliphatic rings. The van der Waals surface area contributed by atoms with Crippen LogP contribution in [0.25, 0.3) is 10.8 Å². The van der Waals surface area contributed by atoms with Crippen LogP contribution in [0, 0.1) is 5.82 Å². The van der Waals surface area contributed by atoms with E-state index in [2.05, 4.69) is 22.1 Å². The Morgan fingerprint density at radius 3 is 2.64 bits per heavy atom. The number of thioether (sulfide) groups is 2. The van der Waals surface area contributed by atoms with Gasteiger partial charge in [-0.3, -0.25) is 4.79 Å². The number of rotatable bonds is 10. The molecule has 0 saturated heterocycles. The van der Waals surface area contributed by atoms with Gasteiger partial charge in [0.15, 0.2) is 5.16 Å². The van der Waals surface area contributed by atoms with E-state index in [9.17, 15) is 9.18 Å². The Hall–Kier alpha value is -3.10. The Morgan fingerprint density at radius 2 is 1.82 bits per heavy atom. The minimum atomic E-state index is -0.236. The Balaban J connectivity index is 1.36. The molecule has 168 valence electrons. The van der Waals surface area contributed by atoms with Crippen LogP contribution in [0.15, 0.2) is 84.5 Å². The molecule has 4 rings (SSSR count). The molecule has 0 spiro atoms. The van der Waals surface area contributed by atoms with E-state index in [0.29, 0.717) is 17.5 Å². The number of nitrogens with zero attached hydrogens (tertiary/aromatic N) is 3. The number of nitrogens with one attached hydrogen (secondary N) is 1. The normalized spacial score (nSPS) is 10.9. The van der Waals surface area contributed by atoms with Crippen LogP contribution >= 0.6 is 23.5 Å². The predicted molar refractivity (Wildman–Crippen MR) is 135 cm³/mol. The molecule has 1 amide bonds. The van der Waals surface area contributed by atoms with Gasteiger partial charge in [-0.15, -0.1) is 28.5 Å². The van der Waals surface area contributed by atoms with Crippen molar-refractivity contribution in [1.29, 1.82) is 0 Å². The van der Waals surface area contributed by atoms with Gasteiger partial charge >= 0.3 is 0 Å². The van der Waals surface area contributed by atoms with Crippen molar-refractivity contribution >= 4 is 45.9 Å². The molecule has 0 unspecified atom stereocenters. The Kier molecular flexibility index (Phi) is 7.80. The Morgan fingerprint density at radius 1 is 1.03 bits per heavy atom. The number of halogens is 1. The molecule has 3 aromatic carbocycles. The fraction of sp³-hybridized carbons (Fsp3) is 0.160. The zero-order chi connectivity index (χ0) is 23.0. The summed E-state index contributed by atoms with van der Waals surface area (Å²) in [5, 5.41) is 14.4. The van der Waals surface area contributed by atoms with E-state index in [1.54, 1.807) is 30.0 Å². The molecule has 1 aromatic heterocycles. The van der Waals surface area contributed by atoms with E-state index in [1.807, 2.05) is 47.0 Å². The van der Waals surface area contributed by atoms with Crippen molar-refractivity contribution in [3.05, 3.63) is 96.6 Å². The number of carbonyl (C=O) groups excluding carboxylic acids is 1. The minimum absolute atomic E-state index is 0.100. The van der Waals surface area contributed by atoms with E-state index in [0.717, 1.165) is 33.6 Å². The first-order valence-corrected chi connectivity index (χ1v) is 12.5. The largest absolute Gasteiger partial charge is 0.325 e. The van der Waals surface area contributed by atoms with Gasteiger partial charge in [0.2, 0.25) is 5.91 Å². The molecule has 5 nitrogen and oxygen atoms in total. The van der Waals surface area contributed by atoms with Crippen molar-refractivity contribution in [3.63, 3.8) is 0 Å². The number of amides is 1. The number of hydrogen-bond donors (Lipinski definition) is 1. The summed E-state index contributed by atoms with van der Waals surface area (Å²) < 4.78 is 15.0. The van der Waals surface area contributed by atoms with Gasteiger partial charge in [-0.2, -0.15) is 0 Å². The fourth-order valence-corrected chi connectivity index (χ4v) is 5.03. The third-order valence-electron chi connectivity index (χ3n) is 4.91. The molecule has 33 heavy (non-hydrogen) atoms. The second-order valence-corrected chi connectivity index (χ2v) is 9.21. The summed E-state index contributed by atoms with van der Waals surface area (Å²) in [5.41, 5.74) is 1.85. The molecular formula is C25H23FN4OS2. The first-order valence-electron chi connectivity index (χ1n) is 10.4. The fourth-order valence-electron chi connectivity index (χ4n) is 3.34. The maximum absolute atomic E-state index is 13.1. The van der Waals surface area contributed by atoms with Crippen LogP contribution in [-0.2, 0) is 22.8 Å². The van der Waals surface area contributed by atoms with Gasteiger partial charge in [-0.05, 0) is 29.1 Å². The highest BCUT2D eigenvalue weighted by atomic mass is 32.2. The summed E-state index contributed by atoms with van der Waals surface area (Å²) >= 11 is 3.03. The van der Waals surface area contributed by atoms with Gasteiger partial charge in [0.25, 0.3) is 0 Å². The highest BCUT2D eigenvalue weighted by Crippen LogP contribution is 2.25. The maximum atomic E-state index is 13.1. The van der Waals surface area contributed by atoms with Crippen molar-refractivity contribution in [1.82, 2.24) is 14.8 Å². The van der Waals surface area contributed by atoms with E-state index >= 15 is 0 Å². The van der Waals surface area contributed by atoms with Gasteiger partial charge in [-0.25, -0.2) is 4.39 Å². The van der Waals surface area contributed by atoms with Crippen LogP contribution in [0.1, 0.15) is 11.4 Å². The molecule has 1 heterocycles. The van der Waals surface area contributed by atoms with Gasteiger partial charge in [-0.1, -0.05) is 66.4 Å². The molecule has 0 saturated carbocycles. The zero-order valence-electron chi connectivity index (χ0n) is 17.9. The lowest BCUT2D eigenvalue weighted by molar-refractivity contribution is -0.113. The summed E-state index contributed by atoms with van der Waals surface area (Å²) in [6.07, 6.45) is 1.79. The Labute approximate surface area is 200 Å². The molecule has 0 bridgehead atoms. The van der Waals surface area contributed by atoms with Crippen LogP contribution in [0.5, 0.6) is 0 Å². The standard InChI is InChI=1S/C25H23FN4OS2/c1-2-14-30-23(16-32-15-18-10-12-20(26)13-11-18)28-29-25(30)33-17-24(31)27-22-9-5-7-19-6-3-4-8-21(19)22/h2-13H,1,14-17H2,(H,27,31). The highest BCUT2D eigenvalue weighted by Gasteiger charge is 2.14. The van der Waals surface area contributed by atoms with Gasteiger partial charge in [0.05, 0.1) is 11.5 Å². The second kappa shape index (κ2) is 11.2. The SMILES string of the molecule is C=CCn1c(CSCc2ccc(F)cc2)nnc1SCC(=O)Nc1cccc2ccccc12. The van der Waals surface area contributed by atoms with Crippen molar-refractivity contribution in [2.75, 3.05) is 11.1 Å². The van der Waals surface area contributed by atoms with Crippen LogP contribution in [0.2, 0.25) is 0 Å². The second-order valence-electron chi connectivity index (χ2n) is 7.28. The summed E-state index contributed by atoms with van der Waals surface area (Å²) in [4.78, 5) is 12.6. The third-order valence-corrected chi connectivity index (χ3v) is 6.88. The zero-order valence-corrected chi connectivity index (χ0v) is 19.5. The lowest BCUT2D eigenvalue weighted by Crippen LogP contribution is -2.15. The topological polar surface area (TPSA) is 59.8 Å². The van der Waals surface area contributed by atoms with Crippen molar-refractivity contribution in [3.8, 4) is 0 Å². The summed E-state index contributed by atoms with van der Waals surface area (Å²) in [6.45, 7) is 4.39. The molecular weight excluding hydrogens is 455 g/mol. The molecule has 1 N–H and O–H groups in total. The average molecular weight is 479 g/mol. The number of carbonyl (C=O) groups is 1. The summed E-state index contributed by atoms with van der Waals surface area (Å²) in [6, 6.07) is 20.3. The first kappa shape index (κ1) is 23.1.